The molecule has 2 rings (SSSR count). The van der Waals surface area contributed by atoms with Crippen LogP contribution in [0.3, 0.4) is 0 Å². The fourth-order valence-electron chi connectivity index (χ4n) is 2.74. The highest BCUT2D eigenvalue weighted by Gasteiger charge is 2.55. The van der Waals surface area contributed by atoms with Gasteiger partial charge in [-0.2, -0.15) is 0 Å². The minimum atomic E-state index is -0.270. The van der Waals surface area contributed by atoms with Gasteiger partial charge < -0.3 is 15.2 Å². The number of hydrogen-bond acceptors (Lipinski definition) is 3. The van der Waals surface area contributed by atoms with Crippen LogP contribution in [-0.4, -0.2) is 36.4 Å². The molecule has 0 unspecified atom stereocenters. The Hall–Kier alpha value is -0.610. The van der Waals surface area contributed by atoms with Crippen molar-refractivity contribution in [3.8, 4) is 0 Å². The summed E-state index contributed by atoms with van der Waals surface area (Å²) in [5, 5.41) is 13.0. The molecule has 2 aliphatic rings. The van der Waals surface area contributed by atoms with Crippen LogP contribution in [0.4, 0.5) is 0 Å². The number of aliphatic hydroxyl groups is 1. The molecular weight excluding hydrogens is 206 g/mol. The van der Waals surface area contributed by atoms with E-state index in [0.717, 1.165) is 12.8 Å². The average Bonchev–Trinajstić information content (AvgIpc) is 2.29. The third kappa shape index (κ3) is 1.84. The topological polar surface area (TPSA) is 58.6 Å². The fraction of sp³-hybridized carbons (Fsp3) is 0.917. The smallest absolute Gasteiger partial charge is 0.222 e. The molecule has 0 radical (unpaired) electrons. The Morgan fingerprint density at radius 1 is 1.44 bits per heavy atom. The first-order valence-electron chi connectivity index (χ1n) is 6.12. The third-order valence-corrected chi connectivity index (χ3v) is 4.08. The van der Waals surface area contributed by atoms with E-state index in [-0.39, 0.29) is 29.4 Å². The van der Waals surface area contributed by atoms with Crippen molar-refractivity contribution in [3.63, 3.8) is 0 Å². The molecule has 4 heteroatoms. The molecule has 0 aromatic heterocycles. The van der Waals surface area contributed by atoms with E-state index in [1.54, 1.807) is 0 Å². The van der Waals surface area contributed by atoms with Crippen LogP contribution < -0.4 is 5.32 Å². The summed E-state index contributed by atoms with van der Waals surface area (Å²) in [6.07, 6.45) is 2.14. The second-order valence-electron chi connectivity index (χ2n) is 5.31. The second kappa shape index (κ2) is 4.34. The number of hydrogen-bond donors (Lipinski definition) is 2. The largest absolute Gasteiger partial charge is 0.392 e. The summed E-state index contributed by atoms with van der Waals surface area (Å²) in [7, 11) is 0. The highest BCUT2D eigenvalue weighted by atomic mass is 16.5. The number of nitrogens with one attached hydrogen (secondary N) is 1. The van der Waals surface area contributed by atoms with Gasteiger partial charge in [-0.1, -0.05) is 13.8 Å². The zero-order valence-electron chi connectivity index (χ0n) is 10.0. The molecule has 1 spiro atoms. The van der Waals surface area contributed by atoms with Crippen molar-refractivity contribution in [2.45, 2.75) is 45.3 Å². The molecular formula is C12H21NO3. The van der Waals surface area contributed by atoms with E-state index in [1.165, 1.54) is 0 Å². The van der Waals surface area contributed by atoms with Crippen LogP contribution in [0.2, 0.25) is 0 Å². The van der Waals surface area contributed by atoms with Crippen molar-refractivity contribution in [1.29, 1.82) is 0 Å². The van der Waals surface area contributed by atoms with Crippen molar-refractivity contribution in [2.24, 2.45) is 11.3 Å². The molecule has 1 amide bonds. The zero-order valence-corrected chi connectivity index (χ0v) is 10.0. The van der Waals surface area contributed by atoms with Crippen LogP contribution in [0, 0.1) is 11.3 Å². The Labute approximate surface area is 96.4 Å². The number of amides is 1. The maximum Gasteiger partial charge on any atom is 0.222 e. The summed E-state index contributed by atoms with van der Waals surface area (Å²) >= 11 is 0. The first-order valence-corrected chi connectivity index (χ1v) is 6.12. The van der Waals surface area contributed by atoms with Crippen LogP contribution in [0.1, 0.15) is 33.1 Å². The van der Waals surface area contributed by atoms with Gasteiger partial charge >= 0.3 is 0 Å². The Morgan fingerprint density at radius 2 is 2.06 bits per heavy atom. The van der Waals surface area contributed by atoms with Crippen LogP contribution in [0.15, 0.2) is 0 Å². The molecule has 4 nitrogen and oxygen atoms in total. The van der Waals surface area contributed by atoms with Crippen molar-refractivity contribution < 1.29 is 14.6 Å². The molecule has 1 aliphatic carbocycles. The van der Waals surface area contributed by atoms with Gasteiger partial charge in [-0.05, 0) is 19.3 Å². The van der Waals surface area contributed by atoms with Gasteiger partial charge in [0.05, 0.1) is 6.10 Å². The summed E-state index contributed by atoms with van der Waals surface area (Å²) < 4.78 is 5.33. The van der Waals surface area contributed by atoms with Crippen molar-refractivity contribution >= 4 is 5.91 Å². The number of carbonyl (C=O) groups is 1. The predicted octanol–water partition coefficient (Wildman–Crippen LogP) is 0.689. The molecule has 2 fully saturated rings. The average molecular weight is 227 g/mol. The molecule has 1 saturated carbocycles. The molecule has 0 aromatic carbocycles. The quantitative estimate of drug-likeness (QED) is 0.729. The van der Waals surface area contributed by atoms with Crippen molar-refractivity contribution in [1.82, 2.24) is 5.32 Å². The molecule has 16 heavy (non-hydrogen) atoms. The first-order chi connectivity index (χ1) is 7.56. The summed E-state index contributed by atoms with van der Waals surface area (Å²) in [4.78, 5) is 11.7. The molecule has 2 N–H and O–H groups in total. The van der Waals surface area contributed by atoms with E-state index in [2.05, 4.69) is 5.32 Å². The Morgan fingerprint density at radius 3 is 2.56 bits per heavy atom. The van der Waals surface area contributed by atoms with Crippen LogP contribution in [0.25, 0.3) is 0 Å². The van der Waals surface area contributed by atoms with Gasteiger partial charge in [0.2, 0.25) is 5.91 Å². The zero-order chi connectivity index (χ0) is 11.8. The lowest BCUT2D eigenvalue weighted by molar-refractivity contribution is -0.157. The van der Waals surface area contributed by atoms with E-state index in [0.29, 0.717) is 19.6 Å². The molecule has 1 saturated heterocycles. The molecule has 0 aromatic rings. The Kier molecular flexibility index (Phi) is 3.22. The Balaban J connectivity index is 1.98. The van der Waals surface area contributed by atoms with Crippen LogP contribution in [-0.2, 0) is 9.53 Å². The van der Waals surface area contributed by atoms with Gasteiger partial charge in [-0.15, -0.1) is 0 Å². The van der Waals surface area contributed by atoms with Crippen molar-refractivity contribution in [2.75, 3.05) is 13.2 Å². The van der Waals surface area contributed by atoms with E-state index < -0.39 is 0 Å². The first kappa shape index (κ1) is 11.9. The molecule has 92 valence electrons. The second-order valence-corrected chi connectivity index (χ2v) is 5.31. The third-order valence-electron chi connectivity index (χ3n) is 4.08. The summed E-state index contributed by atoms with van der Waals surface area (Å²) in [6.45, 7) is 5.18. The fourth-order valence-corrected chi connectivity index (χ4v) is 2.74. The highest BCUT2D eigenvalue weighted by molar-refractivity contribution is 5.78. The number of aliphatic hydroxyl groups excluding tert-OH is 1. The summed E-state index contributed by atoms with van der Waals surface area (Å²) in [5.74, 6) is 0.0948. The lowest BCUT2D eigenvalue weighted by atomic mass is 9.58. The number of carbonyl (C=O) groups excluding carboxylic acids is 1. The van der Waals surface area contributed by atoms with Gasteiger partial charge in [-0.3, -0.25) is 4.79 Å². The van der Waals surface area contributed by atoms with Gasteiger partial charge in [0.1, 0.15) is 0 Å². The Bertz CT molecular complexity index is 271. The molecule has 0 bridgehead atoms. The van der Waals surface area contributed by atoms with Gasteiger partial charge in [0.15, 0.2) is 0 Å². The highest BCUT2D eigenvalue weighted by Crippen LogP contribution is 2.48. The van der Waals surface area contributed by atoms with Crippen LogP contribution in [0.5, 0.6) is 0 Å². The van der Waals surface area contributed by atoms with Crippen LogP contribution >= 0.6 is 0 Å². The summed E-state index contributed by atoms with van der Waals surface area (Å²) in [5.41, 5.74) is -0.108. The van der Waals surface area contributed by atoms with E-state index >= 15 is 0 Å². The predicted molar refractivity (Wildman–Crippen MR) is 59.9 cm³/mol. The number of rotatable bonds is 2. The van der Waals surface area contributed by atoms with Crippen molar-refractivity contribution in [3.05, 3.63) is 0 Å². The molecule has 1 heterocycles. The van der Waals surface area contributed by atoms with E-state index in [9.17, 15) is 9.90 Å². The standard InChI is InChI=1S/C12H21NO3/c1-8(2)11(15)13-9-7-10(14)12(9)3-5-16-6-4-12/h8-10,14H,3-7H2,1-2H3,(H,13,15)/t9-,10-/m1/s1. The SMILES string of the molecule is CC(C)C(=O)N[C@@H]1C[C@@H](O)C12CCOCC2. The summed E-state index contributed by atoms with van der Waals surface area (Å²) in [6, 6.07) is 0.140. The maximum atomic E-state index is 11.7. The monoisotopic (exact) mass is 227 g/mol. The minimum absolute atomic E-state index is 0.00892. The molecule has 1 aliphatic heterocycles. The number of ether oxygens (including phenoxy) is 1. The normalized spacial score (nSPS) is 32.5. The lowest BCUT2D eigenvalue weighted by Gasteiger charge is -2.55. The maximum absolute atomic E-state index is 11.7. The van der Waals surface area contributed by atoms with E-state index in [1.807, 2.05) is 13.8 Å². The van der Waals surface area contributed by atoms with Gasteiger partial charge in [0.25, 0.3) is 0 Å². The van der Waals surface area contributed by atoms with Gasteiger partial charge in [0, 0.05) is 30.6 Å². The van der Waals surface area contributed by atoms with Gasteiger partial charge in [-0.25, -0.2) is 0 Å². The molecule has 2 atom stereocenters. The minimum Gasteiger partial charge on any atom is -0.392 e. The lowest BCUT2D eigenvalue weighted by Crippen LogP contribution is -2.66. The van der Waals surface area contributed by atoms with E-state index in [4.69, 9.17) is 4.74 Å².